The number of nitrogens with zero attached hydrogens (tertiary/aromatic N) is 2. The van der Waals surface area contributed by atoms with Crippen LogP contribution in [0.25, 0.3) is 0 Å². The van der Waals surface area contributed by atoms with Crippen LogP contribution in [0.3, 0.4) is 0 Å². The SMILES string of the molecule is CCNC1CCCCC1Cc1c(Br)c(C)nn1CC. The number of rotatable bonds is 5. The molecular weight excluding hydrogens is 302 g/mol. The first kappa shape index (κ1) is 15.0. The number of nitrogens with one attached hydrogen (secondary N) is 1. The van der Waals surface area contributed by atoms with Crippen molar-refractivity contribution >= 4 is 15.9 Å². The van der Waals surface area contributed by atoms with Crippen LogP contribution in [0.1, 0.15) is 50.9 Å². The molecule has 3 nitrogen and oxygen atoms in total. The van der Waals surface area contributed by atoms with Crippen molar-refractivity contribution in [3.05, 3.63) is 15.9 Å². The highest BCUT2D eigenvalue weighted by molar-refractivity contribution is 9.10. The van der Waals surface area contributed by atoms with Crippen molar-refractivity contribution in [2.75, 3.05) is 6.54 Å². The summed E-state index contributed by atoms with van der Waals surface area (Å²) in [4.78, 5) is 0. The third kappa shape index (κ3) is 3.40. The molecule has 1 N–H and O–H groups in total. The molecule has 1 saturated carbocycles. The molecule has 1 fully saturated rings. The summed E-state index contributed by atoms with van der Waals surface area (Å²) in [5, 5.41) is 8.29. The van der Waals surface area contributed by atoms with Gasteiger partial charge in [0.25, 0.3) is 0 Å². The molecule has 0 amide bonds. The smallest absolute Gasteiger partial charge is 0.0738 e. The molecular formula is C15H26BrN3. The molecule has 0 radical (unpaired) electrons. The van der Waals surface area contributed by atoms with Gasteiger partial charge in [-0.05, 0) is 61.5 Å². The van der Waals surface area contributed by atoms with Gasteiger partial charge in [0.2, 0.25) is 0 Å². The third-order valence-corrected chi connectivity index (χ3v) is 5.32. The molecule has 1 aromatic heterocycles. The molecule has 0 saturated heterocycles. The van der Waals surface area contributed by atoms with Crippen molar-refractivity contribution in [1.82, 2.24) is 15.1 Å². The van der Waals surface area contributed by atoms with Gasteiger partial charge in [-0.25, -0.2) is 0 Å². The van der Waals surface area contributed by atoms with E-state index in [0.29, 0.717) is 6.04 Å². The molecule has 1 aliphatic carbocycles. The van der Waals surface area contributed by atoms with E-state index in [4.69, 9.17) is 0 Å². The van der Waals surface area contributed by atoms with Gasteiger partial charge in [0.1, 0.15) is 0 Å². The lowest BCUT2D eigenvalue weighted by Crippen LogP contribution is -2.39. The Morgan fingerprint density at radius 2 is 2.05 bits per heavy atom. The van der Waals surface area contributed by atoms with Gasteiger partial charge in [-0.3, -0.25) is 4.68 Å². The van der Waals surface area contributed by atoms with Crippen molar-refractivity contribution < 1.29 is 0 Å². The summed E-state index contributed by atoms with van der Waals surface area (Å²) >= 11 is 3.72. The van der Waals surface area contributed by atoms with Crippen LogP contribution in [-0.4, -0.2) is 22.4 Å². The second kappa shape index (κ2) is 6.89. The number of halogens is 1. The normalized spacial score (nSPS) is 23.8. The predicted octanol–water partition coefficient (Wildman–Crippen LogP) is 3.68. The fourth-order valence-corrected chi connectivity index (χ4v) is 3.74. The summed E-state index contributed by atoms with van der Waals surface area (Å²) in [6.07, 6.45) is 6.57. The van der Waals surface area contributed by atoms with E-state index in [1.54, 1.807) is 0 Å². The zero-order valence-electron chi connectivity index (χ0n) is 12.4. The minimum atomic E-state index is 0.686. The lowest BCUT2D eigenvalue weighted by molar-refractivity contribution is 0.260. The Balaban J connectivity index is 2.14. The Kier molecular flexibility index (Phi) is 5.46. The van der Waals surface area contributed by atoms with Crippen LogP contribution in [0, 0.1) is 12.8 Å². The molecule has 0 aromatic carbocycles. The van der Waals surface area contributed by atoms with Crippen LogP contribution in [0.2, 0.25) is 0 Å². The molecule has 0 spiro atoms. The summed E-state index contributed by atoms with van der Waals surface area (Å²) in [5.74, 6) is 0.756. The first-order valence-electron chi connectivity index (χ1n) is 7.62. The lowest BCUT2D eigenvalue weighted by Gasteiger charge is -2.32. The molecule has 2 rings (SSSR count). The maximum Gasteiger partial charge on any atom is 0.0738 e. The molecule has 1 heterocycles. The zero-order valence-corrected chi connectivity index (χ0v) is 14.0. The van der Waals surface area contributed by atoms with Crippen LogP contribution in [0.5, 0.6) is 0 Å². The molecule has 108 valence electrons. The maximum atomic E-state index is 4.61. The summed E-state index contributed by atoms with van der Waals surface area (Å²) in [6, 6.07) is 0.686. The second-order valence-electron chi connectivity index (χ2n) is 5.57. The summed E-state index contributed by atoms with van der Waals surface area (Å²) < 4.78 is 3.38. The molecule has 2 unspecified atom stereocenters. The van der Waals surface area contributed by atoms with E-state index >= 15 is 0 Å². The Labute approximate surface area is 125 Å². The zero-order chi connectivity index (χ0) is 13.8. The van der Waals surface area contributed by atoms with Crippen LogP contribution in [0.4, 0.5) is 0 Å². The largest absolute Gasteiger partial charge is 0.314 e. The quantitative estimate of drug-likeness (QED) is 0.893. The van der Waals surface area contributed by atoms with Gasteiger partial charge >= 0.3 is 0 Å². The van der Waals surface area contributed by atoms with E-state index in [1.807, 2.05) is 0 Å². The molecule has 0 aliphatic heterocycles. The van der Waals surface area contributed by atoms with E-state index in [2.05, 4.69) is 51.8 Å². The van der Waals surface area contributed by atoms with E-state index in [1.165, 1.54) is 35.8 Å². The Hall–Kier alpha value is -0.350. The fourth-order valence-electron chi connectivity index (χ4n) is 3.30. The van der Waals surface area contributed by atoms with Crippen LogP contribution < -0.4 is 5.32 Å². The standard InChI is InChI=1S/C15H26BrN3/c1-4-17-13-9-7-6-8-12(13)10-14-15(16)11(3)18-19(14)5-2/h12-13,17H,4-10H2,1-3H3. The van der Waals surface area contributed by atoms with Gasteiger partial charge in [-0.2, -0.15) is 5.10 Å². The molecule has 4 heteroatoms. The molecule has 2 atom stereocenters. The number of aromatic nitrogens is 2. The number of aryl methyl sites for hydroxylation is 2. The highest BCUT2D eigenvalue weighted by atomic mass is 79.9. The average molecular weight is 328 g/mol. The predicted molar refractivity (Wildman–Crippen MR) is 83.5 cm³/mol. The monoisotopic (exact) mass is 327 g/mol. The Morgan fingerprint density at radius 1 is 1.32 bits per heavy atom. The summed E-state index contributed by atoms with van der Waals surface area (Å²) in [5.41, 5.74) is 2.50. The van der Waals surface area contributed by atoms with Crippen LogP contribution in [0.15, 0.2) is 4.47 Å². The first-order chi connectivity index (χ1) is 9.17. The minimum Gasteiger partial charge on any atom is -0.314 e. The lowest BCUT2D eigenvalue weighted by atomic mass is 9.81. The summed E-state index contributed by atoms with van der Waals surface area (Å²) in [6.45, 7) is 8.50. The number of hydrogen-bond donors (Lipinski definition) is 1. The van der Waals surface area contributed by atoms with Crippen molar-refractivity contribution in [2.24, 2.45) is 5.92 Å². The maximum absolute atomic E-state index is 4.61. The highest BCUT2D eigenvalue weighted by Crippen LogP contribution is 2.31. The van der Waals surface area contributed by atoms with Crippen molar-refractivity contribution in [1.29, 1.82) is 0 Å². The van der Waals surface area contributed by atoms with E-state index in [9.17, 15) is 0 Å². The van der Waals surface area contributed by atoms with E-state index in [0.717, 1.165) is 31.1 Å². The molecule has 1 aliphatic rings. The van der Waals surface area contributed by atoms with E-state index in [-0.39, 0.29) is 0 Å². The van der Waals surface area contributed by atoms with Gasteiger partial charge in [-0.15, -0.1) is 0 Å². The van der Waals surface area contributed by atoms with Gasteiger partial charge in [0, 0.05) is 12.6 Å². The second-order valence-corrected chi connectivity index (χ2v) is 6.37. The minimum absolute atomic E-state index is 0.686. The van der Waals surface area contributed by atoms with Crippen LogP contribution in [-0.2, 0) is 13.0 Å². The number of hydrogen-bond acceptors (Lipinski definition) is 2. The van der Waals surface area contributed by atoms with Gasteiger partial charge < -0.3 is 5.32 Å². The molecule has 19 heavy (non-hydrogen) atoms. The average Bonchev–Trinajstić information content (AvgIpc) is 2.69. The van der Waals surface area contributed by atoms with Crippen molar-refractivity contribution in [2.45, 2.75) is 65.5 Å². The molecule has 0 bridgehead atoms. The van der Waals surface area contributed by atoms with E-state index < -0.39 is 0 Å². The fraction of sp³-hybridized carbons (Fsp3) is 0.800. The first-order valence-corrected chi connectivity index (χ1v) is 8.41. The topological polar surface area (TPSA) is 29.9 Å². The van der Waals surface area contributed by atoms with Crippen molar-refractivity contribution in [3.8, 4) is 0 Å². The Morgan fingerprint density at radius 3 is 2.74 bits per heavy atom. The Bertz CT molecular complexity index is 412. The van der Waals surface area contributed by atoms with Crippen LogP contribution >= 0.6 is 15.9 Å². The highest BCUT2D eigenvalue weighted by Gasteiger charge is 2.26. The third-order valence-electron chi connectivity index (χ3n) is 4.28. The molecule has 1 aromatic rings. The van der Waals surface area contributed by atoms with Gasteiger partial charge in [-0.1, -0.05) is 19.8 Å². The van der Waals surface area contributed by atoms with Gasteiger partial charge in [0.15, 0.2) is 0 Å². The summed E-state index contributed by atoms with van der Waals surface area (Å²) in [7, 11) is 0. The van der Waals surface area contributed by atoms with Crippen molar-refractivity contribution in [3.63, 3.8) is 0 Å². The van der Waals surface area contributed by atoms with Gasteiger partial charge in [0.05, 0.1) is 15.9 Å².